The molecule has 0 aliphatic carbocycles. The molecule has 1 saturated heterocycles. The summed E-state index contributed by atoms with van der Waals surface area (Å²) in [6.07, 6.45) is 1.78. The molecule has 0 atom stereocenters. The van der Waals surface area contributed by atoms with E-state index in [9.17, 15) is 4.79 Å². The van der Waals surface area contributed by atoms with Crippen molar-refractivity contribution in [2.24, 2.45) is 4.99 Å². The van der Waals surface area contributed by atoms with E-state index < -0.39 is 0 Å². The van der Waals surface area contributed by atoms with Gasteiger partial charge in [-0.2, -0.15) is 0 Å². The second kappa shape index (κ2) is 11.2. The van der Waals surface area contributed by atoms with E-state index in [-0.39, 0.29) is 5.91 Å². The van der Waals surface area contributed by atoms with E-state index in [0.717, 1.165) is 11.1 Å². The van der Waals surface area contributed by atoms with Gasteiger partial charge in [-0.25, -0.2) is 4.99 Å². The Bertz CT molecular complexity index is 1290. The summed E-state index contributed by atoms with van der Waals surface area (Å²) >= 11 is 19.5. The second-order valence-electron chi connectivity index (χ2n) is 7.10. The fourth-order valence-corrected chi connectivity index (χ4v) is 4.40. The molecule has 1 aliphatic rings. The van der Waals surface area contributed by atoms with Crippen LogP contribution >= 0.6 is 46.6 Å². The quantitative estimate of drug-likeness (QED) is 0.319. The topological polar surface area (TPSA) is 59.9 Å². The van der Waals surface area contributed by atoms with Gasteiger partial charge in [0.05, 0.1) is 27.2 Å². The maximum absolute atomic E-state index is 12.5. The minimum Gasteiger partial charge on any atom is -0.490 e. The average Bonchev–Trinajstić information content (AvgIpc) is 3.15. The normalized spacial score (nSPS) is 15.6. The van der Waals surface area contributed by atoms with Crippen molar-refractivity contribution in [3.05, 3.63) is 91.8 Å². The van der Waals surface area contributed by atoms with Gasteiger partial charge in [-0.1, -0.05) is 59.1 Å². The molecule has 9 heteroatoms. The summed E-state index contributed by atoms with van der Waals surface area (Å²) in [5, 5.41) is 4.70. The Kier molecular flexibility index (Phi) is 8.06. The first kappa shape index (κ1) is 24.5. The molecule has 1 amide bonds. The second-order valence-corrected chi connectivity index (χ2v) is 9.35. The van der Waals surface area contributed by atoms with Crippen LogP contribution in [0.3, 0.4) is 0 Å². The Morgan fingerprint density at radius 3 is 2.53 bits per heavy atom. The van der Waals surface area contributed by atoms with Crippen LogP contribution in [0.1, 0.15) is 18.1 Å². The van der Waals surface area contributed by atoms with Crippen molar-refractivity contribution in [1.29, 1.82) is 0 Å². The first-order valence-corrected chi connectivity index (χ1v) is 12.3. The number of amides is 1. The van der Waals surface area contributed by atoms with Gasteiger partial charge >= 0.3 is 0 Å². The molecule has 1 heterocycles. The highest BCUT2D eigenvalue weighted by Crippen LogP contribution is 2.34. The van der Waals surface area contributed by atoms with Crippen molar-refractivity contribution in [2.45, 2.75) is 13.5 Å². The number of carbonyl (C=O) groups is 1. The summed E-state index contributed by atoms with van der Waals surface area (Å²) in [6, 6.07) is 18.1. The Balaban J connectivity index is 1.52. The Morgan fingerprint density at radius 1 is 0.941 bits per heavy atom. The van der Waals surface area contributed by atoms with Crippen LogP contribution in [0.2, 0.25) is 15.1 Å². The number of hydrogen-bond acceptors (Lipinski definition) is 5. The molecule has 0 aromatic heterocycles. The zero-order valence-electron chi connectivity index (χ0n) is 18.0. The third-order valence-corrected chi connectivity index (χ3v) is 6.71. The number of carbonyl (C=O) groups excluding carboxylic acids is 1. The summed E-state index contributed by atoms with van der Waals surface area (Å²) in [5.74, 6) is 0.937. The molecule has 5 nitrogen and oxygen atoms in total. The van der Waals surface area contributed by atoms with Gasteiger partial charge in [0.15, 0.2) is 16.7 Å². The van der Waals surface area contributed by atoms with Crippen molar-refractivity contribution < 1.29 is 14.3 Å². The molecule has 0 unspecified atom stereocenters. The lowest BCUT2D eigenvalue weighted by molar-refractivity contribution is -0.115. The van der Waals surface area contributed by atoms with Gasteiger partial charge in [-0.05, 0) is 66.7 Å². The van der Waals surface area contributed by atoms with Crippen LogP contribution in [0.5, 0.6) is 11.5 Å². The van der Waals surface area contributed by atoms with E-state index in [1.54, 1.807) is 24.3 Å². The molecule has 0 bridgehead atoms. The largest absolute Gasteiger partial charge is 0.490 e. The Hall–Kier alpha value is -2.64. The fraction of sp³-hybridized carbons (Fsp3) is 0.120. The third kappa shape index (κ3) is 6.07. The monoisotopic (exact) mass is 532 g/mol. The predicted octanol–water partition coefficient (Wildman–Crippen LogP) is 7.52. The zero-order chi connectivity index (χ0) is 24.1. The van der Waals surface area contributed by atoms with E-state index in [0.29, 0.717) is 55.5 Å². The van der Waals surface area contributed by atoms with Crippen molar-refractivity contribution in [3.63, 3.8) is 0 Å². The molecule has 174 valence electrons. The Labute approximate surface area is 216 Å². The van der Waals surface area contributed by atoms with E-state index in [1.165, 1.54) is 11.8 Å². The summed E-state index contributed by atoms with van der Waals surface area (Å²) in [4.78, 5) is 17.4. The SMILES string of the molecule is CCOc1cc(/C=C2\SC(=Nc3ccc(Cl)c(Cl)c3)NC2=O)ccc1OCc1ccccc1Cl. The molecule has 1 N–H and O–H groups in total. The van der Waals surface area contributed by atoms with E-state index in [1.807, 2.05) is 49.4 Å². The van der Waals surface area contributed by atoms with Gasteiger partial charge in [0.2, 0.25) is 0 Å². The number of nitrogens with one attached hydrogen (secondary N) is 1. The van der Waals surface area contributed by atoms with Crippen LogP contribution in [0.25, 0.3) is 6.08 Å². The molecule has 34 heavy (non-hydrogen) atoms. The molecule has 0 saturated carbocycles. The molecule has 3 aromatic rings. The molecule has 3 aromatic carbocycles. The standard InChI is InChI=1S/C25H19Cl3N2O3S/c1-2-32-22-11-15(7-10-21(22)33-14-16-5-3-4-6-18(16)26)12-23-24(31)30-25(34-23)29-17-8-9-19(27)20(28)13-17/h3-13H,2,14H2,1H3,(H,29,30,31)/b23-12-. The molecular weight excluding hydrogens is 515 g/mol. The highest BCUT2D eigenvalue weighted by molar-refractivity contribution is 8.18. The van der Waals surface area contributed by atoms with Crippen LogP contribution in [-0.2, 0) is 11.4 Å². The molecule has 4 rings (SSSR count). The summed E-state index contributed by atoms with van der Waals surface area (Å²) in [5.41, 5.74) is 2.27. The molecular formula is C25H19Cl3N2O3S. The number of aliphatic imine (C=N–C) groups is 1. The van der Waals surface area contributed by atoms with Gasteiger partial charge in [0, 0.05) is 10.6 Å². The van der Waals surface area contributed by atoms with Crippen molar-refractivity contribution in [3.8, 4) is 11.5 Å². The molecule has 1 aliphatic heterocycles. The molecule has 0 radical (unpaired) electrons. The maximum Gasteiger partial charge on any atom is 0.264 e. The zero-order valence-corrected chi connectivity index (χ0v) is 21.1. The van der Waals surface area contributed by atoms with Gasteiger partial charge in [0.1, 0.15) is 6.61 Å². The minimum atomic E-state index is -0.235. The van der Waals surface area contributed by atoms with E-state index >= 15 is 0 Å². The lowest BCUT2D eigenvalue weighted by atomic mass is 10.2. The third-order valence-electron chi connectivity index (χ3n) is 4.69. The highest BCUT2D eigenvalue weighted by atomic mass is 35.5. The first-order valence-electron chi connectivity index (χ1n) is 10.3. The van der Waals surface area contributed by atoms with Crippen molar-refractivity contribution >= 4 is 69.4 Å². The Morgan fingerprint density at radius 2 is 1.76 bits per heavy atom. The predicted molar refractivity (Wildman–Crippen MR) is 141 cm³/mol. The van der Waals surface area contributed by atoms with Crippen LogP contribution in [0, 0.1) is 0 Å². The van der Waals surface area contributed by atoms with Crippen LogP contribution < -0.4 is 14.8 Å². The van der Waals surface area contributed by atoms with E-state index in [4.69, 9.17) is 44.3 Å². The number of ether oxygens (including phenoxy) is 2. The number of halogens is 3. The number of hydrogen-bond donors (Lipinski definition) is 1. The van der Waals surface area contributed by atoms with Crippen molar-refractivity contribution in [2.75, 3.05) is 6.61 Å². The number of amidine groups is 1. The first-order chi connectivity index (χ1) is 16.4. The molecule has 0 spiro atoms. The number of nitrogens with zero attached hydrogens (tertiary/aromatic N) is 1. The molecule has 1 fully saturated rings. The lowest BCUT2D eigenvalue weighted by Gasteiger charge is -2.13. The minimum absolute atomic E-state index is 0.235. The van der Waals surface area contributed by atoms with Crippen LogP contribution in [-0.4, -0.2) is 17.7 Å². The summed E-state index contributed by atoms with van der Waals surface area (Å²) < 4.78 is 11.7. The van der Waals surface area contributed by atoms with Crippen LogP contribution in [0.15, 0.2) is 70.6 Å². The van der Waals surface area contributed by atoms with Gasteiger partial charge in [-0.15, -0.1) is 0 Å². The summed E-state index contributed by atoms with van der Waals surface area (Å²) in [6.45, 7) is 2.68. The smallest absolute Gasteiger partial charge is 0.264 e. The lowest BCUT2D eigenvalue weighted by Crippen LogP contribution is -2.19. The number of rotatable bonds is 7. The maximum atomic E-state index is 12.5. The van der Waals surface area contributed by atoms with Crippen LogP contribution in [0.4, 0.5) is 5.69 Å². The summed E-state index contributed by atoms with van der Waals surface area (Å²) in [7, 11) is 0. The fourth-order valence-electron chi connectivity index (χ4n) is 3.08. The average molecular weight is 534 g/mol. The van der Waals surface area contributed by atoms with Gasteiger partial charge in [0.25, 0.3) is 5.91 Å². The van der Waals surface area contributed by atoms with E-state index in [2.05, 4.69) is 10.3 Å². The van der Waals surface area contributed by atoms with Crippen molar-refractivity contribution in [1.82, 2.24) is 5.32 Å². The number of benzene rings is 3. The number of thioether (sulfide) groups is 1. The highest BCUT2D eigenvalue weighted by Gasteiger charge is 2.24. The van der Waals surface area contributed by atoms with Gasteiger partial charge < -0.3 is 14.8 Å². The van der Waals surface area contributed by atoms with Gasteiger partial charge in [-0.3, -0.25) is 4.79 Å².